The second kappa shape index (κ2) is 6.30. The van der Waals surface area contributed by atoms with Crippen molar-refractivity contribution in [2.24, 2.45) is 0 Å². The topological polar surface area (TPSA) is 64.9 Å². The lowest BCUT2D eigenvalue weighted by Gasteiger charge is -2.07. The van der Waals surface area contributed by atoms with Crippen LogP contribution in [0.1, 0.15) is 5.82 Å². The van der Waals surface area contributed by atoms with Crippen molar-refractivity contribution >= 4 is 0 Å². The van der Waals surface area contributed by atoms with Gasteiger partial charge in [0.15, 0.2) is 17.5 Å². The lowest BCUT2D eigenvalue weighted by molar-refractivity contribution is 0.199. The first-order valence-corrected chi connectivity index (χ1v) is 5.65. The molecule has 1 aromatic carbocycles. The van der Waals surface area contributed by atoms with Crippen LogP contribution in [0.4, 0.5) is 8.78 Å². The number of rotatable bonds is 6. The molecule has 1 N–H and O–H groups in total. The number of tetrazole rings is 1. The van der Waals surface area contributed by atoms with E-state index in [0.717, 1.165) is 10.7 Å². The van der Waals surface area contributed by atoms with Gasteiger partial charge in [0.2, 0.25) is 0 Å². The van der Waals surface area contributed by atoms with Crippen molar-refractivity contribution in [3.8, 4) is 5.69 Å². The van der Waals surface area contributed by atoms with E-state index in [9.17, 15) is 8.78 Å². The molecule has 0 atom stereocenters. The van der Waals surface area contributed by atoms with Gasteiger partial charge in [-0.1, -0.05) is 6.07 Å². The summed E-state index contributed by atoms with van der Waals surface area (Å²) in [5.41, 5.74) is -0.0199. The fraction of sp³-hybridized carbons (Fsp3) is 0.364. The summed E-state index contributed by atoms with van der Waals surface area (Å²) in [7, 11) is 1.59. The minimum absolute atomic E-state index is 0.0199. The van der Waals surface area contributed by atoms with E-state index in [1.807, 2.05) is 0 Å². The van der Waals surface area contributed by atoms with Gasteiger partial charge in [-0.15, -0.1) is 5.10 Å². The molecule has 0 aliphatic carbocycles. The Morgan fingerprint density at radius 3 is 3.00 bits per heavy atom. The summed E-state index contributed by atoms with van der Waals surface area (Å²) in [6.45, 7) is 1.47. The molecule has 0 aliphatic heterocycles. The van der Waals surface area contributed by atoms with Crippen LogP contribution in [0.15, 0.2) is 18.2 Å². The highest BCUT2D eigenvalue weighted by atomic mass is 19.2. The minimum atomic E-state index is -0.979. The average molecular weight is 269 g/mol. The van der Waals surface area contributed by atoms with Gasteiger partial charge < -0.3 is 10.1 Å². The summed E-state index contributed by atoms with van der Waals surface area (Å²) < 4.78 is 32.9. The summed E-state index contributed by atoms with van der Waals surface area (Å²) in [5, 5.41) is 13.9. The van der Waals surface area contributed by atoms with Crippen LogP contribution in [0.5, 0.6) is 0 Å². The number of methoxy groups -OCH3 is 1. The van der Waals surface area contributed by atoms with Gasteiger partial charge in [-0.25, -0.2) is 8.78 Å². The van der Waals surface area contributed by atoms with Crippen LogP contribution in [-0.2, 0) is 11.3 Å². The zero-order valence-electron chi connectivity index (χ0n) is 10.3. The summed E-state index contributed by atoms with van der Waals surface area (Å²) in [5.74, 6) is -1.53. The van der Waals surface area contributed by atoms with Gasteiger partial charge in [0.05, 0.1) is 13.2 Å². The number of nitrogens with one attached hydrogen (secondary N) is 1. The first-order valence-electron chi connectivity index (χ1n) is 5.65. The van der Waals surface area contributed by atoms with Gasteiger partial charge in [-0.3, -0.25) is 0 Å². The Morgan fingerprint density at radius 2 is 2.21 bits per heavy atom. The SMILES string of the molecule is COCCNCc1nnnn1-c1cccc(F)c1F. The Balaban J connectivity index is 2.17. The van der Waals surface area contributed by atoms with E-state index in [-0.39, 0.29) is 5.69 Å². The van der Waals surface area contributed by atoms with Crippen molar-refractivity contribution in [1.29, 1.82) is 0 Å². The number of ether oxygens (including phenoxy) is 1. The lowest BCUT2D eigenvalue weighted by Crippen LogP contribution is -2.21. The highest BCUT2D eigenvalue weighted by molar-refractivity contribution is 5.33. The van der Waals surface area contributed by atoms with Gasteiger partial charge in [0.1, 0.15) is 5.69 Å². The van der Waals surface area contributed by atoms with Gasteiger partial charge in [-0.2, -0.15) is 4.68 Å². The number of hydrogen-bond donors (Lipinski definition) is 1. The third kappa shape index (κ3) is 3.09. The molecule has 1 heterocycles. The Labute approximate surface area is 108 Å². The van der Waals surface area contributed by atoms with Gasteiger partial charge >= 0.3 is 0 Å². The van der Waals surface area contributed by atoms with Crippen molar-refractivity contribution in [2.75, 3.05) is 20.3 Å². The molecule has 2 aromatic rings. The molecule has 102 valence electrons. The van der Waals surface area contributed by atoms with Crippen molar-refractivity contribution in [3.63, 3.8) is 0 Å². The molecule has 0 bridgehead atoms. The molecule has 0 spiro atoms. The maximum Gasteiger partial charge on any atom is 0.184 e. The molecule has 0 amide bonds. The number of aromatic nitrogens is 4. The number of benzene rings is 1. The van der Waals surface area contributed by atoms with Crippen LogP contribution in [-0.4, -0.2) is 40.5 Å². The molecule has 1 aromatic heterocycles. The third-order valence-electron chi connectivity index (χ3n) is 2.46. The van der Waals surface area contributed by atoms with E-state index in [1.165, 1.54) is 12.1 Å². The first-order chi connectivity index (χ1) is 9.24. The smallest absolute Gasteiger partial charge is 0.184 e. The largest absolute Gasteiger partial charge is 0.383 e. The normalized spacial score (nSPS) is 10.9. The number of nitrogens with zero attached hydrogens (tertiary/aromatic N) is 4. The summed E-state index contributed by atoms with van der Waals surface area (Å²) in [6.07, 6.45) is 0. The predicted molar refractivity (Wildman–Crippen MR) is 62.7 cm³/mol. The number of hydrogen-bond acceptors (Lipinski definition) is 5. The zero-order valence-corrected chi connectivity index (χ0v) is 10.3. The van der Waals surface area contributed by atoms with E-state index in [0.29, 0.717) is 25.5 Å². The predicted octanol–water partition coefficient (Wildman–Crippen LogP) is 0.676. The van der Waals surface area contributed by atoms with Gasteiger partial charge in [0.25, 0.3) is 0 Å². The maximum absolute atomic E-state index is 13.7. The lowest BCUT2D eigenvalue weighted by atomic mass is 10.3. The Hall–Kier alpha value is -1.93. The monoisotopic (exact) mass is 269 g/mol. The second-order valence-corrected chi connectivity index (χ2v) is 3.75. The van der Waals surface area contributed by atoms with Crippen molar-refractivity contribution in [1.82, 2.24) is 25.5 Å². The summed E-state index contributed by atoms with van der Waals surface area (Å²) in [6, 6.07) is 3.85. The van der Waals surface area contributed by atoms with E-state index < -0.39 is 11.6 Å². The van der Waals surface area contributed by atoms with Crippen LogP contribution in [0.3, 0.4) is 0 Å². The molecule has 0 fully saturated rings. The molecule has 0 saturated carbocycles. The van der Waals surface area contributed by atoms with Crippen LogP contribution in [0.25, 0.3) is 5.69 Å². The van der Waals surface area contributed by atoms with Gasteiger partial charge in [-0.05, 0) is 22.6 Å². The molecule has 6 nitrogen and oxygen atoms in total. The molecule has 0 aliphatic rings. The Morgan fingerprint density at radius 1 is 1.37 bits per heavy atom. The highest BCUT2D eigenvalue weighted by Crippen LogP contribution is 2.15. The van der Waals surface area contributed by atoms with Crippen LogP contribution >= 0.6 is 0 Å². The molecule has 19 heavy (non-hydrogen) atoms. The van der Waals surface area contributed by atoms with E-state index in [1.54, 1.807) is 7.11 Å². The molecular weight excluding hydrogens is 256 g/mol. The van der Waals surface area contributed by atoms with Crippen LogP contribution in [0, 0.1) is 11.6 Å². The Bertz CT molecular complexity index is 546. The van der Waals surface area contributed by atoms with Gasteiger partial charge in [0, 0.05) is 13.7 Å². The maximum atomic E-state index is 13.7. The fourth-order valence-electron chi connectivity index (χ4n) is 1.53. The zero-order chi connectivity index (χ0) is 13.7. The van der Waals surface area contributed by atoms with Crippen LogP contribution in [0.2, 0.25) is 0 Å². The van der Waals surface area contributed by atoms with E-state index in [4.69, 9.17) is 4.74 Å². The molecule has 2 rings (SSSR count). The van der Waals surface area contributed by atoms with E-state index >= 15 is 0 Å². The summed E-state index contributed by atoms with van der Waals surface area (Å²) in [4.78, 5) is 0. The number of halogens is 2. The standard InChI is InChI=1S/C11H13F2N5O/c1-19-6-5-14-7-10-15-16-17-18(10)9-4-2-3-8(12)11(9)13/h2-4,14H,5-7H2,1H3. The third-order valence-corrected chi connectivity index (χ3v) is 2.46. The molecule has 8 heteroatoms. The molecule has 0 saturated heterocycles. The highest BCUT2D eigenvalue weighted by Gasteiger charge is 2.14. The van der Waals surface area contributed by atoms with E-state index in [2.05, 4.69) is 20.8 Å². The molecule has 0 radical (unpaired) electrons. The average Bonchev–Trinajstić information content (AvgIpc) is 2.86. The van der Waals surface area contributed by atoms with Crippen LogP contribution < -0.4 is 5.32 Å². The minimum Gasteiger partial charge on any atom is -0.383 e. The fourth-order valence-corrected chi connectivity index (χ4v) is 1.53. The second-order valence-electron chi connectivity index (χ2n) is 3.75. The first kappa shape index (κ1) is 13.5. The van der Waals surface area contributed by atoms with Crippen molar-refractivity contribution < 1.29 is 13.5 Å². The molecular formula is C11H13F2N5O. The quantitative estimate of drug-likeness (QED) is 0.781. The summed E-state index contributed by atoms with van der Waals surface area (Å²) >= 11 is 0. The molecule has 0 unspecified atom stereocenters. The van der Waals surface area contributed by atoms with Crippen molar-refractivity contribution in [2.45, 2.75) is 6.54 Å². The van der Waals surface area contributed by atoms with Crippen molar-refractivity contribution in [3.05, 3.63) is 35.7 Å². The Kier molecular flexibility index (Phi) is 4.48.